The first-order valence-corrected chi connectivity index (χ1v) is 13.5. The molecule has 0 spiro atoms. The Bertz CT molecular complexity index is 855. The Morgan fingerprint density at radius 3 is 2.57 bits per heavy atom. The van der Waals surface area contributed by atoms with E-state index in [1.54, 1.807) is 4.90 Å². The lowest BCUT2D eigenvalue weighted by atomic mass is 9.64. The first-order chi connectivity index (χ1) is 16.6. The Labute approximate surface area is 213 Å². The molecule has 0 aromatic heterocycles. The van der Waals surface area contributed by atoms with Crippen LogP contribution in [0.1, 0.15) is 80.1 Å². The van der Waals surface area contributed by atoms with Crippen LogP contribution in [-0.4, -0.2) is 47.3 Å². The van der Waals surface area contributed by atoms with Gasteiger partial charge in [0.2, 0.25) is 5.91 Å². The van der Waals surface area contributed by atoms with Crippen molar-refractivity contribution in [3.05, 3.63) is 48.0 Å². The third-order valence-corrected chi connectivity index (χ3v) is 7.59. The van der Waals surface area contributed by atoms with Crippen LogP contribution in [0.5, 0.6) is 0 Å². The lowest BCUT2D eigenvalue weighted by Crippen LogP contribution is -2.40. The van der Waals surface area contributed by atoms with Crippen LogP contribution >= 0.6 is 0 Å². The van der Waals surface area contributed by atoms with Gasteiger partial charge in [-0.05, 0) is 67.6 Å². The molecule has 2 unspecified atom stereocenters. The number of nitrogens with two attached hydrogens (primary N) is 1. The molecule has 3 rings (SSSR count). The molecule has 6 heteroatoms. The highest BCUT2D eigenvalue weighted by molar-refractivity contribution is 5.94. The fourth-order valence-corrected chi connectivity index (χ4v) is 5.63. The molecule has 1 aliphatic carbocycles. The normalized spacial score (nSPS) is 26.1. The summed E-state index contributed by atoms with van der Waals surface area (Å²) < 4.78 is 0. The van der Waals surface area contributed by atoms with Gasteiger partial charge in [0.15, 0.2) is 0 Å². The first kappa shape index (κ1) is 28.9. The summed E-state index contributed by atoms with van der Waals surface area (Å²) in [5, 5.41) is 3.16. The average molecular weight is 485 g/mol. The number of carbonyl (C=O) groups is 2. The highest BCUT2D eigenvalue weighted by Crippen LogP contribution is 2.44. The number of allylic oxidation sites excluding steroid dienone is 3. The van der Waals surface area contributed by atoms with Gasteiger partial charge in [-0.15, -0.1) is 0 Å². The molecule has 2 amide bonds. The maximum Gasteiger partial charge on any atom is 0.268 e. The maximum absolute atomic E-state index is 13.1. The van der Waals surface area contributed by atoms with Crippen molar-refractivity contribution in [1.29, 1.82) is 0 Å². The van der Waals surface area contributed by atoms with Crippen LogP contribution in [0.25, 0.3) is 0 Å². The summed E-state index contributed by atoms with van der Waals surface area (Å²) in [4.78, 5) is 29.3. The molecule has 3 aliphatic rings. The van der Waals surface area contributed by atoms with Crippen LogP contribution in [0, 0.1) is 17.3 Å². The zero-order valence-electron chi connectivity index (χ0n) is 22.9. The standard InChI is InChI=1S/C27H42N4O2.C2H6/c1-6-22-11-10-21(15-27(22,4)5)16-29-26(33)24-9-7-8-20(3)31(24)17-19(2)14-25(32)30-13-12-23(28)18-30;1-2/h7-9,17,21-23H,3,6,10-16,18,28H2,1-2,4-5H3,(H,29,33);1-2H3/b19-17+;/t21-,22?,23?;/m1./s1. The summed E-state index contributed by atoms with van der Waals surface area (Å²) in [5.74, 6) is 1.25. The minimum Gasteiger partial charge on any atom is -0.350 e. The van der Waals surface area contributed by atoms with E-state index < -0.39 is 0 Å². The van der Waals surface area contributed by atoms with E-state index in [-0.39, 0.29) is 17.9 Å². The largest absolute Gasteiger partial charge is 0.350 e. The van der Waals surface area contributed by atoms with Crippen molar-refractivity contribution in [3.63, 3.8) is 0 Å². The molecule has 6 nitrogen and oxygen atoms in total. The van der Waals surface area contributed by atoms with Gasteiger partial charge in [0, 0.05) is 44.0 Å². The van der Waals surface area contributed by atoms with Gasteiger partial charge in [0.25, 0.3) is 5.91 Å². The Hall–Kier alpha value is -2.34. The number of amides is 2. The van der Waals surface area contributed by atoms with E-state index in [9.17, 15) is 9.59 Å². The number of hydrogen-bond donors (Lipinski definition) is 2. The first-order valence-electron chi connectivity index (χ1n) is 13.5. The Morgan fingerprint density at radius 1 is 1.26 bits per heavy atom. The molecule has 0 bridgehead atoms. The molecule has 3 atom stereocenters. The average Bonchev–Trinajstić information content (AvgIpc) is 3.26. The van der Waals surface area contributed by atoms with Crippen LogP contribution in [0.2, 0.25) is 0 Å². The summed E-state index contributed by atoms with van der Waals surface area (Å²) in [5.41, 5.74) is 8.39. The smallest absolute Gasteiger partial charge is 0.268 e. The molecule has 0 aromatic carbocycles. The maximum atomic E-state index is 13.1. The number of hydrogen-bond acceptors (Lipinski definition) is 4. The summed E-state index contributed by atoms with van der Waals surface area (Å²) in [6.07, 6.45) is 13.3. The Balaban J connectivity index is 0.00000210. The van der Waals surface area contributed by atoms with E-state index in [2.05, 4.69) is 32.7 Å². The lowest BCUT2D eigenvalue weighted by Gasteiger charge is -2.42. The van der Waals surface area contributed by atoms with Gasteiger partial charge < -0.3 is 20.9 Å². The number of nitrogens with one attached hydrogen (secondary N) is 1. The van der Waals surface area contributed by atoms with Crippen LogP contribution in [0.4, 0.5) is 0 Å². The topological polar surface area (TPSA) is 78.7 Å². The quantitative estimate of drug-likeness (QED) is 0.527. The second kappa shape index (κ2) is 13.1. The molecular weight excluding hydrogens is 436 g/mol. The molecule has 2 heterocycles. The third kappa shape index (κ3) is 7.83. The second-order valence-corrected chi connectivity index (χ2v) is 10.8. The molecule has 2 aliphatic heterocycles. The van der Waals surface area contributed by atoms with Gasteiger partial charge in [0.1, 0.15) is 5.70 Å². The third-order valence-electron chi connectivity index (χ3n) is 7.59. The Kier molecular flexibility index (Phi) is 10.8. The molecule has 0 radical (unpaired) electrons. The number of nitrogens with zero attached hydrogens (tertiary/aromatic N) is 2. The van der Waals surface area contributed by atoms with E-state index in [1.165, 1.54) is 19.3 Å². The van der Waals surface area contributed by atoms with Crippen molar-refractivity contribution in [2.75, 3.05) is 19.6 Å². The van der Waals surface area contributed by atoms with Gasteiger partial charge in [-0.1, -0.05) is 53.7 Å². The highest BCUT2D eigenvalue weighted by atomic mass is 16.2. The van der Waals surface area contributed by atoms with Crippen LogP contribution in [-0.2, 0) is 9.59 Å². The number of rotatable bonds is 7. The molecular formula is C29H48N4O2. The summed E-state index contributed by atoms with van der Waals surface area (Å²) >= 11 is 0. The van der Waals surface area contributed by atoms with Gasteiger partial charge in [0.05, 0.1) is 0 Å². The van der Waals surface area contributed by atoms with E-state index in [0.717, 1.165) is 30.9 Å². The summed E-state index contributed by atoms with van der Waals surface area (Å²) in [6.45, 7) is 19.0. The molecule has 2 fully saturated rings. The molecule has 196 valence electrons. The minimum absolute atomic E-state index is 0.0751. The van der Waals surface area contributed by atoms with E-state index in [4.69, 9.17) is 5.73 Å². The van der Waals surface area contributed by atoms with Crippen molar-refractivity contribution in [1.82, 2.24) is 15.1 Å². The monoisotopic (exact) mass is 484 g/mol. The number of likely N-dealkylation sites (tertiary alicyclic amines) is 1. The summed E-state index contributed by atoms with van der Waals surface area (Å²) in [7, 11) is 0. The van der Waals surface area contributed by atoms with Gasteiger partial charge in [-0.25, -0.2) is 0 Å². The molecule has 0 aromatic rings. The van der Waals surface area contributed by atoms with E-state index in [1.807, 2.05) is 50.1 Å². The highest BCUT2D eigenvalue weighted by Gasteiger charge is 2.35. The van der Waals surface area contributed by atoms with Crippen molar-refractivity contribution in [2.24, 2.45) is 23.0 Å². The van der Waals surface area contributed by atoms with Crippen LogP contribution < -0.4 is 11.1 Å². The van der Waals surface area contributed by atoms with Crippen molar-refractivity contribution in [2.45, 2.75) is 86.1 Å². The van der Waals surface area contributed by atoms with Gasteiger partial charge in [-0.3, -0.25) is 9.59 Å². The molecule has 3 N–H and O–H groups in total. The van der Waals surface area contributed by atoms with Crippen molar-refractivity contribution in [3.8, 4) is 0 Å². The fourth-order valence-electron chi connectivity index (χ4n) is 5.63. The van der Waals surface area contributed by atoms with Crippen LogP contribution in [0.15, 0.2) is 48.0 Å². The van der Waals surface area contributed by atoms with Gasteiger partial charge in [-0.2, -0.15) is 0 Å². The van der Waals surface area contributed by atoms with E-state index >= 15 is 0 Å². The molecule has 1 saturated carbocycles. The van der Waals surface area contributed by atoms with E-state index in [0.29, 0.717) is 42.2 Å². The summed E-state index contributed by atoms with van der Waals surface area (Å²) in [6, 6.07) is 0.0751. The van der Waals surface area contributed by atoms with Gasteiger partial charge >= 0.3 is 0 Å². The SMILES string of the molecule is C=C1C=CC=C(C(=O)NC[C@@H]2CCC(CC)C(C)(C)C2)N1/C=C(\C)CC(=O)N1CCC(N)C1.CC. The number of carbonyl (C=O) groups excluding carboxylic acids is 2. The predicted molar refractivity (Wildman–Crippen MR) is 145 cm³/mol. The van der Waals surface area contributed by atoms with Crippen molar-refractivity contribution >= 4 is 11.8 Å². The lowest BCUT2D eigenvalue weighted by molar-refractivity contribution is -0.129. The van der Waals surface area contributed by atoms with Crippen molar-refractivity contribution < 1.29 is 9.59 Å². The zero-order chi connectivity index (χ0) is 26.2. The Morgan fingerprint density at radius 2 is 1.97 bits per heavy atom. The minimum atomic E-state index is -0.100. The zero-order valence-corrected chi connectivity index (χ0v) is 22.9. The van der Waals surface area contributed by atoms with Crippen LogP contribution in [0.3, 0.4) is 0 Å². The molecule has 1 saturated heterocycles. The fraction of sp³-hybridized carbons (Fsp3) is 0.655. The molecule has 35 heavy (non-hydrogen) atoms. The predicted octanol–water partition coefficient (Wildman–Crippen LogP) is 5.10. The second-order valence-electron chi connectivity index (χ2n) is 10.8.